The molecular weight excluding hydrogens is 227 g/mol. The van der Waals surface area contributed by atoms with E-state index in [1.54, 1.807) is 18.2 Å². The number of carbonyl (C=O) groups excluding carboxylic acids is 1. The molecule has 2 nitrogen and oxygen atoms in total. The first-order chi connectivity index (χ1) is 7.63. The lowest BCUT2D eigenvalue weighted by Gasteiger charge is -2.02. The van der Waals surface area contributed by atoms with Crippen LogP contribution in [0.4, 0.5) is 4.39 Å². The van der Waals surface area contributed by atoms with Gasteiger partial charge in [-0.1, -0.05) is 25.1 Å². The van der Waals surface area contributed by atoms with Crippen LogP contribution in [-0.4, -0.2) is 21.5 Å². The Morgan fingerprint density at radius 2 is 2.06 bits per heavy atom. The lowest BCUT2D eigenvalue weighted by atomic mass is 10.1. The normalized spacial score (nSPS) is 12.4. The van der Waals surface area contributed by atoms with Crippen molar-refractivity contribution in [3.63, 3.8) is 0 Å². The number of carbonyl (C=O) groups is 1. The summed E-state index contributed by atoms with van der Waals surface area (Å²) in [4.78, 5) is 11.5. The fourth-order valence-corrected chi connectivity index (χ4v) is 2.45. The Hall–Kier alpha value is -1.03. The fraction of sp³-hybridized carbons (Fsp3) is 0.417. The van der Waals surface area contributed by atoms with Crippen molar-refractivity contribution >= 4 is 16.6 Å². The van der Waals surface area contributed by atoms with E-state index in [9.17, 15) is 13.4 Å². The highest BCUT2D eigenvalue weighted by atomic mass is 32.2. The van der Waals surface area contributed by atoms with E-state index < -0.39 is 10.8 Å². The third-order valence-corrected chi connectivity index (χ3v) is 3.61. The molecular formula is C12H15FO2S. The van der Waals surface area contributed by atoms with Gasteiger partial charge >= 0.3 is 0 Å². The molecule has 0 aromatic heterocycles. The number of ketones is 1. The Balaban J connectivity index is 2.52. The Morgan fingerprint density at radius 1 is 1.38 bits per heavy atom. The lowest BCUT2D eigenvalue weighted by molar-refractivity contribution is -0.116. The van der Waals surface area contributed by atoms with Crippen LogP contribution in [0.2, 0.25) is 0 Å². The average molecular weight is 242 g/mol. The highest BCUT2D eigenvalue weighted by Crippen LogP contribution is 2.07. The molecule has 0 aliphatic rings. The predicted molar refractivity (Wildman–Crippen MR) is 63.3 cm³/mol. The second-order valence-electron chi connectivity index (χ2n) is 3.60. The third-order valence-electron chi connectivity index (χ3n) is 2.10. The van der Waals surface area contributed by atoms with Gasteiger partial charge < -0.3 is 0 Å². The topological polar surface area (TPSA) is 34.1 Å². The Bertz CT molecular complexity index is 390. The summed E-state index contributed by atoms with van der Waals surface area (Å²) in [6, 6.07) is 6.18. The van der Waals surface area contributed by atoms with Crippen LogP contribution in [0.5, 0.6) is 0 Å². The average Bonchev–Trinajstić information content (AvgIpc) is 2.21. The molecule has 1 atom stereocenters. The summed E-state index contributed by atoms with van der Waals surface area (Å²) >= 11 is 0. The molecule has 1 aromatic rings. The summed E-state index contributed by atoms with van der Waals surface area (Å²) in [5.74, 6) is 0.0135. The molecule has 1 aromatic carbocycles. The van der Waals surface area contributed by atoms with Crippen molar-refractivity contribution in [3.05, 3.63) is 35.6 Å². The van der Waals surface area contributed by atoms with Crippen LogP contribution >= 0.6 is 0 Å². The summed E-state index contributed by atoms with van der Waals surface area (Å²) in [5.41, 5.74) is 0.376. The van der Waals surface area contributed by atoms with Crippen LogP contribution < -0.4 is 0 Å². The molecule has 0 heterocycles. The second-order valence-corrected chi connectivity index (χ2v) is 5.17. The van der Waals surface area contributed by atoms with Crippen molar-refractivity contribution in [2.75, 3.05) is 11.5 Å². The van der Waals surface area contributed by atoms with Crippen LogP contribution in [0.15, 0.2) is 24.3 Å². The molecule has 1 unspecified atom stereocenters. The van der Waals surface area contributed by atoms with E-state index in [2.05, 4.69) is 0 Å². The van der Waals surface area contributed by atoms with E-state index in [-0.39, 0.29) is 23.8 Å². The van der Waals surface area contributed by atoms with Crippen molar-refractivity contribution in [3.8, 4) is 0 Å². The van der Waals surface area contributed by atoms with Gasteiger partial charge in [0.05, 0.1) is 5.75 Å². The van der Waals surface area contributed by atoms with Crippen molar-refractivity contribution in [2.24, 2.45) is 0 Å². The number of rotatable bonds is 6. The van der Waals surface area contributed by atoms with Gasteiger partial charge in [-0.2, -0.15) is 0 Å². The van der Waals surface area contributed by atoms with E-state index >= 15 is 0 Å². The number of benzene rings is 1. The molecule has 0 N–H and O–H groups in total. The van der Waals surface area contributed by atoms with Gasteiger partial charge in [-0.15, -0.1) is 0 Å². The first-order valence-electron chi connectivity index (χ1n) is 5.23. The molecule has 1 rings (SSSR count). The van der Waals surface area contributed by atoms with E-state index in [1.807, 2.05) is 6.92 Å². The zero-order valence-electron chi connectivity index (χ0n) is 9.24. The molecule has 16 heavy (non-hydrogen) atoms. The fourth-order valence-electron chi connectivity index (χ4n) is 1.38. The highest BCUT2D eigenvalue weighted by Gasteiger charge is 2.10. The minimum Gasteiger partial charge on any atom is -0.298 e. The van der Waals surface area contributed by atoms with Crippen molar-refractivity contribution in [2.45, 2.75) is 19.8 Å². The molecule has 0 amide bonds. The number of halogens is 1. The van der Waals surface area contributed by atoms with Crippen molar-refractivity contribution in [1.29, 1.82) is 0 Å². The zero-order chi connectivity index (χ0) is 12.0. The first-order valence-corrected chi connectivity index (χ1v) is 6.72. The Kier molecular flexibility index (Phi) is 5.32. The molecule has 0 fully saturated rings. The van der Waals surface area contributed by atoms with Crippen LogP contribution in [0, 0.1) is 5.82 Å². The van der Waals surface area contributed by atoms with Gasteiger partial charge in [0.25, 0.3) is 0 Å². The van der Waals surface area contributed by atoms with Crippen LogP contribution in [0.1, 0.15) is 18.9 Å². The van der Waals surface area contributed by atoms with Gasteiger partial charge in [0.1, 0.15) is 11.6 Å². The smallest absolute Gasteiger partial charge is 0.149 e. The van der Waals surface area contributed by atoms with Crippen molar-refractivity contribution < 1.29 is 13.4 Å². The molecule has 88 valence electrons. The highest BCUT2D eigenvalue weighted by molar-refractivity contribution is 7.85. The SMILES string of the molecule is CCCS(=O)CC(=O)Cc1ccccc1F. The van der Waals surface area contributed by atoms with Crippen LogP contribution in [0.3, 0.4) is 0 Å². The zero-order valence-corrected chi connectivity index (χ0v) is 10.1. The molecule has 0 saturated carbocycles. The number of hydrogen-bond acceptors (Lipinski definition) is 2. The lowest BCUT2D eigenvalue weighted by Crippen LogP contribution is -2.15. The monoisotopic (exact) mass is 242 g/mol. The van der Waals surface area contributed by atoms with Crippen LogP contribution in [-0.2, 0) is 22.0 Å². The predicted octanol–water partition coefficient (Wildman–Crippen LogP) is 2.10. The van der Waals surface area contributed by atoms with Gasteiger partial charge in [-0.3, -0.25) is 9.00 Å². The molecule has 0 bridgehead atoms. The molecule has 4 heteroatoms. The molecule has 0 aliphatic heterocycles. The molecule has 0 radical (unpaired) electrons. The van der Waals surface area contributed by atoms with Crippen LogP contribution in [0.25, 0.3) is 0 Å². The summed E-state index contributed by atoms with van der Waals surface area (Å²) in [7, 11) is -1.10. The molecule has 0 aliphatic carbocycles. The summed E-state index contributed by atoms with van der Waals surface area (Å²) in [6.45, 7) is 1.92. The first kappa shape index (κ1) is 13.0. The summed E-state index contributed by atoms with van der Waals surface area (Å²) in [6.07, 6.45) is 0.821. The van der Waals surface area contributed by atoms with E-state index in [0.717, 1.165) is 6.42 Å². The second kappa shape index (κ2) is 6.53. The minimum atomic E-state index is -1.10. The molecule has 0 saturated heterocycles. The largest absolute Gasteiger partial charge is 0.298 e. The molecule has 0 spiro atoms. The van der Waals surface area contributed by atoms with E-state index in [0.29, 0.717) is 11.3 Å². The maximum absolute atomic E-state index is 13.2. The van der Waals surface area contributed by atoms with Gasteiger partial charge in [0, 0.05) is 23.0 Å². The summed E-state index contributed by atoms with van der Waals surface area (Å²) < 4.78 is 24.5. The Labute approximate surface area is 97.3 Å². The van der Waals surface area contributed by atoms with E-state index in [4.69, 9.17) is 0 Å². The standard InChI is InChI=1S/C12H15FO2S/c1-2-7-16(15)9-11(14)8-10-5-3-4-6-12(10)13/h3-6H,2,7-9H2,1H3. The third kappa shape index (κ3) is 4.23. The maximum Gasteiger partial charge on any atom is 0.149 e. The quantitative estimate of drug-likeness (QED) is 0.765. The van der Waals surface area contributed by atoms with Gasteiger partial charge in [-0.05, 0) is 18.1 Å². The Morgan fingerprint density at radius 3 is 2.69 bits per heavy atom. The van der Waals surface area contributed by atoms with Gasteiger partial charge in [-0.25, -0.2) is 4.39 Å². The van der Waals surface area contributed by atoms with Gasteiger partial charge in [0.2, 0.25) is 0 Å². The minimum absolute atomic E-state index is 0.0299. The van der Waals surface area contributed by atoms with Crippen molar-refractivity contribution in [1.82, 2.24) is 0 Å². The number of hydrogen-bond donors (Lipinski definition) is 0. The van der Waals surface area contributed by atoms with Gasteiger partial charge in [0.15, 0.2) is 0 Å². The summed E-state index contributed by atoms with van der Waals surface area (Å²) in [5, 5.41) is 0. The maximum atomic E-state index is 13.2. The van der Waals surface area contributed by atoms with E-state index in [1.165, 1.54) is 6.07 Å². The number of Topliss-reactive ketones (excluding diaryl/α,β-unsaturated/α-hetero) is 1.